The molecule has 0 saturated heterocycles. The molecule has 28 heavy (non-hydrogen) atoms. The van der Waals surface area contributed by atoms with E-state index in [2.05, 4.69) is 15.3 Å². The van der Waals surface area contributed by atoms with E-state index < -0.39 is 0 Å². The van der Waals surface area contributed by atoms with E-state index in [1.54, 1.807) is 21.3 Å². The summed E-state index contributed by atoms with van der Waals surface area (Å²) in [4.78, 5) is 21.2. The predicted octanol–water partition coefficient (Wildman–Crippen LogP) is 3.09. The van der Waals surface area contributed by atoms with Gasteiger partial charge in [0.2, 0.25) is 11.7 Å². The highest BCUT2D eigenvalue weighted by atomic mass is 32.2. The average molecular weight is 406 g/mol. The van der Waals surface area contributed by atoms with Crippen LogP contribution in [0.4, 0.5) is 0 Å². The van der Waals surface area contributed by atoms with E-state index in [1.165, 1.54) is 11.8 Å². The van der Waals surface area contributed by atoms with Crippen molar-refractivity contribution in [1.82, 2.24) is 15.3 Å². The van der Waals surface area contributed by atoms with Gasteiger partial charge in [-0.15, -0.1) is 0 Å². The molecule has 0 aliphatic heterocycles. The minimum atomic E-state index is -0.0403. The monoisotopic (exact) mass is 405 g/mol. The van der Waals surface area contributed by atoms with Crippen molar-refractivity contribution in [3.05, 3.63) is 34.6 Å². The van der Waals surface area contributed by atoms with Gasteiger partial charge in [0.1, 0.15) is 0 Å². The summed E-state index contributed by atoms with van der Waals surface area (Å²) in [6, 6.07) is 3.65. The molecule has 0 fully saturated rings. The number of ether oxygens (including phenoxy) is 3. The van der Waals surface area contributed by atoms with Crippen molar-refractivity contribution in [3.8, 4) is 17.2 Å². The van der Waals surface area contributed by atoms with Gasteiger partial charge < -0.3 is 19.5 Å². The molecule has 0 radical (unpaired) electrons. The highest BCUT2D eigenvalue weighted by molar-refractivity contribution is 7.98. The Labute approximate surface area is 170 Å². The molecule has 1 N–H and O–H groups in total. The number of nitrogens with zero attached hydrogens (tertiary/aromatic N) is 2. The molecule has 8 heteroatoms. The topological polar surface area (TPSA) is 82.6 Å². The molecule has 152 valence electrons. The van der Waals surface area contributed by atoms with E-state index >= 15 is 0 Å². The van der Waals surface area contributed by atoms with Gasteiger partial charge >= 0.3 is 0 Å². The van der Waals surface area contributed by atoms with Crippen LogP contribution in [0.5, 0.6) is 17.2 Å². The van der Waals surface area contributed by atoms with Crippen LogP contribution in [-0.2, 0) is 17.8 Å². The van der Waals surface area contributed by atoms with Crippen molar-refractivity contribution in [2.75, 3.05) is 27.6 Å². The number of hydrogen-bond acceptors (Lipinski definition) is 7. The van der Waals surface area contributed by atoms with Gasteiger partial charge in [-0.05, 0) is 49.8 Å². The van der Waals surface area contributed by atoms with Crippen molar-refractivity contribution < 1.29 is 19.0 Å². The van der Waals surface area contributed by atoms with Crippen molar-refractivity contribution in [2.24, 2.45) is 0 Å². The van der Waals surface area contributed by atoms with Crippen LogP contribution in [0, 0.1) is 13.8 Å². The van der Waals surface area contributed by atoms with Gasteiger partial charge in [-0.25, -0.2) is 9.97 Å². The fourth-order valence-electron chi connectivity index (χ4n) is 2.93. The molecule has 0 bridgehead atoms. The molecule has 0 unspecified atom stereocenters. The van der Waals surface area contributed by atoms with Gasteiger partial charge in [-0.2, -0.15) is 0 Å². The molecule has 0 aliphatic rings. The second kappa shape index (κ2) is 10.2. The van der Waals surface area contributed by atoms with Gasteiger partial charge in [0.25, 0.3) is 0 Å². The van der Waals surface area contributed by atoms with E-state index in [0.717, 1.165) is 27.7 Å². The Balaban J connectivity index is 2.00. The SMILES string of the molecule is COc1cc(CNC(=O)CCc2c(C)nc(SC)nc2C)cc(OC)c1OC. The number of benzene rings is 1. The van der Waals surface area contributed by atoms with Gasteiger partial charge in [-0.3, -0.25) is 4.79 Å². The molecule has 2 aromatic rings. The minimum Gasteiger partial charge on any atom is -0.493 e. The largest absolute Gasteiger partial charge is 0.493 e. The molecule has 1 amide bonds. The minimum absolute atomic E-state index is 0.0403. The lowest BCUT2D eigenvalue weighted by atomic mass is 10.1. The zero-order chi connectivity index (χ0) is 20.7. The lowest BCUT2D eigenvalue weighted by Gasteiger charge is -2.14. The summed E-state index contributed by atoms with van der Waals surface area (Å²) in [5, 5.41) is 3.69. The summed E-state index contributed by atoms with van der Waals surface area (Å²) in [6.07, 6.45) is 2.92. The van der Waals surface area contributed by atoms with Crippen LogP contribution in [0.25, 0.3) is 0 Å². The van der Waals surface area contributed by atoms with Crippen molar-refractivity contribution >= 4 is 17.7 Å². The maximum atomic E-state index is 12.3. The third-order valence-electron chi connectivity index (χ3n) is 4.40. The summed E-state index contributed by atoms with van der Waals surface area (Å²) in [5.74, 6) is 1.60. The number of rotatable bonds is 9. The Morgan fingerprint density at radius 1 is 1.04 bits per heavy atom. The second-order valence-corrected chi connectivity index (χ2v) is 6.94. The summed E-state index contributed by atoms with van der Waals surface area (Å²) in [7, 11) is 4.69. The third kappa shape index (κ3) is 5.28. The van der Waals surface area contributed by atoms with Crippen LogP contribution >= 0.6 is 11.8 Å². The normalized spacial score (nSPS) is 10.5. The van der Waals surface area contributed by atoms with Gasteiger partial charge in [0.05, 0.1) is 21.3 Å². The second-order valence-electron chi connectivity index (χ2n) is 6.17. The first-order valence-corrected chi connectivity index (χ1v) is 10.1. The number of methoxy groups -OCH3 is 3. The standard InChI is InChI=1S/C20H27N3O4S/c1-12-15(13(2)23-20(22-12)28-6)7-8-18(24)21-11-14-9-16(25-3)19(27-5)17(10-14)26-4/h9-10H,7-8,11H2,1-6H3,(H,21,24). The van der Waals surface area contributed by atoms with E-state index in [-0.39, 0.29) is 5.91 Å². The first kappa shape index (κ1) is 21.8. The number of carbonyl (C=O) groups is 1. The zero-order valence-corrected chi connectivity index (χ0v) is 18.0. The van der Waals surface area contributed by atoms with Crippen LogP contribution in [0.2, 0.25) is 0 Å². The zero-order valence-electron chi connectivity index (χ0n) is 17.2. The molecule has 1 heterocycles. The number of aromatic nitrogens is 2. The van der Waals surface area contributed by atoms with Crippen molar-refractivity contribution in [1.29, 1.82) is 0 Å². The number of nitrogens with one attached hydrogen (secondary N) is 1. The average Bonchev–Trinajstić information content (AvgIpc) is 2.70. The van der Waals surface area contributed by atoms with Gasteiger partial charge in [-0.1, -0.05) is 11.8 Å². The number of hydrogen-bond donors (Lipinski definition) is 1. The van der Waals surface area contributed by atoms with Gasteiger partial charge in [0, 0.05) is 24.4 Å². The van der Waals surface area contributed by atoms with Crippen LogP contribution in [0.1, 0.15) is 28.9 Å². The fourth-order valence-corrected chi connectivity index (χ4v) is 3.38. The number of amides is 1. The lowest BCUT2D eigenvalue weighted by Crippen LogP contribution is -2.23. The lowest BCUT2D eigenvalue weighted by molar-refractivity contribution is -0.121. The number of thioether (sulfide) groups is 1. The molecule has 2 rings (SSSR count). The van der Waals surface area contributed by atoms with Crippen molar-refractivity contribution in [2.45, 2.75) is 38.4 Å². The Morgan fingerprint density at radius 3 is 2.07 bits per heavy atom. The third-order valence-corrected chi connectivity index (χ3v) is 4.95. The van der Waals surface area contributed by atoms with Crippen LogP contribution in [0.15, 0.2) is 17.3 Å². The molecule has 7 nitrogen and oxygen atoms in total. The van der Waals surface area contributed by atoms with E-state index in [1.807, 2.05) is 32.2 Å². The van der Waals surface area contributed by atoms with Crippen LogP contribution in [-0.4, -0.2) is 43.5 Å². The molecule has 1 aromatic carbocycles. The molecule has 0 atom stereocenters. The molecular weight excluding hydrogens is 378 g/mol. The Morgan fingerprint density at radius 2 is 1.61 bits per heavy atom. The maximum Gasteiger partial charge on any atom is 0.220 e. The van der Waals surface area contributed by atoms with Crippen LogP contribution in [0.3, 0.4) is 0 Å². The predicted molar refractivity (Wildman–Crippen MR) is 110 cm³/mol. The van der Waals surface area contributed by atoms with Gasteiger partial charge in [0.15, 0.2) is 16.7 Å². The highest BCUT2D eigenvalue weighted by Crippen LogP contribution is 2.38. The quantitative estimate of drug-likeness (QED) is 0.507. The number of aryl methyl sites for hydroxylation is 2. The van der Waals surface area contributed by atoms with Crippen LogP contribution < -0.4 is 19.5 Å². The Bertz CT molecular complexity index is 794. The molecule has 0 aliphatic carbocycles. The van der Waals surface area contributed by atoms with E-state index in [4.69, 9.17) is 14.2 Å². The Kier molecular flexibility index (Phi) is 7.92. The molecular formula is C20H27N3O4S. The summed E-state index contributed by atoms with van der Waals surface area (Å²) in [5.41, 5.74) is 3.74. The fraction of sp³-hybridized carbons (Fsp3) is 0.450. The molecule has 0 saturated carbocycles. The smallest absolute Gasteiger partial charge is 0.220 e. The summed E-state index contributed by atoms with van der Waals surface area (Å²) in [6.45, 7) is 4.28. The maximum absolute atomic E-state index is 12.3. The van der Waals surface area contributed by atoms with E-state index in [0.29, 0.717) is 36.6 Å². The first-order chi connectivity index (χ1) is 13.4. The molecule has 1 aromatic heterocycles. The number of carbonyl (C=O) groups excluding carboxylic acids is 1. The highest BCUT2D eigenvalue weighted by Gasteiger charge is 2.14. The summed E-state index contributed by atoms with van der Waals surface area (Å²) < 4.78 is 16.0. The summed E-state index contributed by atoms with van der Waals surface area (Å²) >= 11 is 1.51. The van der Waals surface area contributed by atoms with Crippen molar-refractivity contribution in [3.63, 3.8) is 0 Å². The molecule has 0 spiro atoms. The Hall–Kier alpha value is -2.48. The first-order valence-electron chi connectivity index (χ1n) is 8.87. The van der Waals surface area contributed by atoms with E-state index in [9.17, 15) is 4.79 Å².